The molecular formula is C23H26N4O2. The number of amides is 1. The minimum atomic E-state index is 0.201. The number of carbonyl (C=O) groups excluding carboxylic acids is 1. The monoisotopic (exact) mass is 390 g/mol. The standard InChI is InChI=1S/C23H26N4O2/c1-29-21-9-7-20(8-10-21)25-15-17-26(18-16-25)22(28)11-13-27-14-12-24-23(27)19-5-3-2-4-6-19/h2-10,12,14H,11,13,15-18H2,1H3. The molecule has 0 saturated carbocycles. The Hall–Kier alpha value is -3.28. The van der Waals surface area contributed by atoms with Crippen LogP contribution >= 0.6 is 0 Å². The fourth-order valence-corrected chi connectivity index (χ4v) is 3.72. The van der Waals surface area contributed by atoms with E-state index in [2.05, 4.69) is 26.6 Å². The van der Waals surface area contributed by atoms with Crippen LogP contribution in [0.15, 0.2) is 67.0 Å². The Morgan fingerprint density at radius 3 is 2.41 bits per heavy atom. The molecule has 29 heavy (non-hydrogen) atoms. The molecule has 1 aliphatic rings. The highest BCUT2D eigenvalue weighted by Crippen LogP contribution is 2.21. The molecule has 0 aliphatic carbocycles. The number of benzene rings is 2. The molecule has 0 unspecified atom stereocenters. The number of piperazine rings is 1. The van der Waals surface area contributed by atoms with Crippen LogP contribution in [0.2, 0.25) is 0 Å². The highest BCUT2D eigenvalue weighted by Gasteiger charge is 2.21. The first-order chi connectivity index (χ1) is 14.2. The summed E-state index contributed by atoms with van der Waals surface area (Å²) in [5, 5.41) is 0. The van der Waals surface area contributed by atoms with E-state index in [4.69, 9.17) is 4.74 Å². The molecule has 0 N–H and O–H groups in total. The lowest BCUT2D eigenvalue weighted by atomic mass is 10.2. The molecular weight excluding hydrogens is 364 g/mol. The van der Waals surface area contributed by atoms with Gasteiger partial charge in [-0.05, 0) is 24.3 Å². The van der Waals surface area contributed by atoms with Gasteiger partial charge in [-0.2, -0.15) is 0 Å². The molecule has 3 aromatic rings. The Morgan fingerprint density at radius 2 is 1.72 bits per heavy atom. The number of aromatic nitrogens is 2. The number of anilines is 1. The molecule has 150 valence electrons. The van der Waals surface area contributed by atoms with Crippen molar-refractivity contribution in [2.45, 2.75) is 13.0 Å². The number of imidazole rings is 1. The third-order valence-corrected chi connectivity index (χ3v) is 5.38. The average molecular weight is 390 g/mol. The summed E-state index contributed by atoms with van der Waals surface area (Å²) in [5.41, 5.74) is 2.24. The van der Waals surface area contributed by atoms with E-state index >= 15 is 0 Å². The number of hydrogen-bond donors (Lipinski definition) is 0. The molecule has 4 rings (SSSR count). The van der Waals surface area contributed by atoms with Crippen molar-refractivity contribution in [2.75, 3.05) is 38.2 Å². The lowest BCUT2D eigenvalue weighted by molar-refractivity contribution is -0.131. The first-order valence-corrected chi connectivity index (χ1v) is 9.98. The van der Waals surface area contributed by atoms with Crippen LogP contribution in [0.4, 0.5) is 5.69 Å². The lowest BCUT2D eigenvalue weighted by Gasteiger charge is -2.36. The van der Waals surface area contributed by atoms with Gasteiger partial charge in [0.05, 0.1) is 7.11 Å². The number of ether oxygens (including phenoxy) is 1. The highest BCUT2D eigenvalue weighted by molar-refractivity contribution is 5.76. The molecule has 1 aromatic heterocycles. The van der Waals surface area contributed by atoms with E-state index < -0.39 is 0 Å². The minimum absolute atomic E-state index is 0.201. The SMILES string of the molecule is COc1ccc(N2CCN(C(=O)CCn3ccnc3-c3ccccc3)CC2)cc1. The molecule has 1 amide bonds. The highest BCUT2D eigenvalue weighted by atomic mass is 16.5. The van der Waals surface area contributed by atoms with Gasteiger partial charge in [0.15, 0.2) is 0 Å². The van der Waals surface area contributed by atoms with E-state index in [1.165, 1.54) is 5.69 Å². The lowest BCUT2D eigenvalue weighted by Crippen LogP contribution is -2.48. The first-order valence-electron chi connectivity index (χ1n) is 9.98. The van der Waals surface area contributed by atoms with Crippen molar-refractivity contribution in [3.05, 3.63) is 67.0 Å². The second kappa shape index (κ2) is 8.82. The molecule has 6 heteroatoms. The Morgan fingerprint density at radius 1 is 1.00 bits per heavy atom. The number of aryl methyl sites for hydroxylation is 1. The molecule has 1 aliphatic heterocycles. The van der Waals surface area contributed by atoms with Gasteiger partial charge in [-0.1, -0.05) is 30.3 Å². The number of methoxy groups -OCH3 is 1. The number of rotatable bonds is 6. The van der Waals surface area contributed by atoms with Crippen molar-refractivity contribution < 1.29 is 9.53 Å². The smallest absolute Gasteiger partial charge is 0.224 e. The zero-order valence-electron chi connectivity index (χ0n) is 16.7. The van der Waals surface area contributed by atoms with Gasteiger partial charge in [-0.25, -0.2) is 4.98 Å². The topological polar surface area (TPSA) is 50.6 Å². The van der Waals surface area contributed by atoms with E-state index in [1.54, 1.807) is 13.3 Å². The van der Waals surface area contributed by atoms with Gasteiger partial charge in [-0.3, -0.25) is 4.79 Å². The molecule has 0 radical (unpaired) electrons. The van der Waals surface area contributed by atoms with Crippen molar-refractivity contribution in [1.29, 1.82) is 0 Å². The molecule has 0 atom stereocenters. The largest absolute Gasteiger partial charge is 0.497 e. The summed E-state index contributed by atoms with van der Waals surface area (Å²) in [6, 6.07) is 18.2. The Labute approximate surface area is 171 Å². The number of hydrogen-bond acceptors (Lipinski definition) is 4. The molecule has 6 nitrogen and oxygen atoms in total. The van der Waals surface area contributed by atoms with Gasteiger partial charge in [0.1, 0.15) is 11.6 Å². The summed E-state index contributed by atoms with van der Waals surface area (Å²) in [6.07, 6.45) is 4.22. The number of nitrogens with zero attached hydrogens (tertiary/aromatic N) is 4. The maximum atomic E-state index is 12.7. The molecule has 2 aromatic carbocycles. The molecule has 1 saturated heterocycles. The second-order valence-electron chi connectivity index (χ2n) is 7.13. The van der Waals surface area contributed by atoms with Gasteiger partial charge in [0.25, 0.3) is 0 Å². The van der Waals surface area contributed by atoms with E-state index in [9.17, 15) is 4.79 Å². The van der Waals surface area contributed by atoms with Crippen molar-refractivity contribution in [3.63, 3.8) is 0 Å². The van der Waals surface area contributed by atoms with E-state index in [0.29, 0.717) is 13.0 Å². The zero-order valence-corrected chi connectivity index (χ0v) is 16.7. The van der Waals surface area contributed by atoms with Crippen molar-refractivity contribution in [1.82, 2.24) is 14.5 Å². The summed E-state index contributed by atoms with van der Waals surface area (Å²) in [7, 11) is 1.67. The predicted molar refractivity (Wildman–Crippen MR) is 114 cm³/mol. The predicted octanol–water partition coefficient (Wildman–Crippen LogP) is 3.30. The minimum Gasteiger partial charge on any atom is -0.497 e. The third kappa shape index (κ3) is 4.42. The van der Waals surface area contributed by atoms with Crippen LogP contribution in [0.3, 0.4) is 0 Å². The fourth-order valence-electron chi connectivity index (χ4n) is 3.72. The van der Waals surface area contributed by atoms with E-state index in [-0.39, 0.29) is 5.91 Å². The quantitative estimate of drug-likeness (QED) is 0.648. The Bertz CT molecular complexity index is 929. The van der Waals surface area contributed by atoms with Crippen LogP contribution in [0.5, 0.6) is 5.75 Å². The first kappa shape index (κ1) is 19.1. The molecule has 1 fully saturated rings. The Kier molecular flexibility index (Phi) is 5.79. The van der Waals surface area contributed by atoms with Gasteiger partial charge in [0, 0.05) is 62.8 Å². The maximum absolute atomic E-state index is 12.7. The van der Waals surface area contributed by atoms with Crippen LogP contribution in [0, 0.1) is 0 Å². The van der Waals surface area contributed by atoms with Gasteiger partial charge >= 0.3 is 0 Å². The average Bonchev–Trinajstić information content (AvgIpc) is 3.27. The van der Waals surface area contributed by atoms with E-state index in [0.717, 1.165) is 43.3 Å². The maximum Gasteiger partial charge on any atom is 0.224 e. The van der Waals surface area contributed by atoms with Gasteiger partial charge < -0.3 is 19.1 Å². The van der Waals surface area contributed by atoms with Crippen LogP contribution < -0.4 is 9.64 Å². The summed E-state index contributed by atoms with van der Waals surface area (Å²) in [6.45, 7) is 3.83. The molecule has 2 heterocycles. The van der Waals surface area contributed by atoms with Crippen LogP contribution in [-0.2, 0) is 11.3 Å². The summed E-state index contributed by atoms with van der Waals surface area (Å²) in [4.78, 5) is 21.5. The normalized spacial score (nSPS) is 14.1. The van der Waals surface area contributed by atoms with Gasteiger partial charge in [-0.15, -0.1) is 0 Å². The van der Waals surface area contributed by atoms with Crippen LogP contribution in [-0.4, -0.2) is 53.6 Å². The van der Waals surface area contributed by atoms with Crippen molar-refractivity contribution in [2.24, 2.45) is 0 Å². The van der Waals surface area contributed by atoms with Crippen molar-refractivity contribution >= 4 is 11.6 Å². The summed E-state index contributed by atoms with van der Waals surface area (Å²) < 4.78 is 7.28. The fraction of sp³-hybridized carbons (Fsp3) is 0.304. The molecule has 0 spiro atoms. The summed E-state index contributed by atoms with van der Waals surface area (Å²) >= 11 is 0. The Balaban J connectivity index is 1.30. The second-order valence-corrected chi connectivity index (χ2v) is 7.13. The zero-order chi connectivity index (χ0) is 20.1. The van der Waals surface area contributed by atoms with Crippen LogP contribution in [0.25, 0.3) is 11.4 Å². The van der Waals surface area contributed by atoms with Crippen LogP contribution in [0.1, 0.15) is 6.42 Å². The third-order valence-electron chi connectivity index (χ3n) is 5.38. The van der Waals surface area contributed by atoms with Crippen molar-refractivity contribution in [3.8, 4) is 17.1 Å². The summed E-state index contributed by atoms with van der Waals surface area (Å²) in [5.74, 6) is 1.96. The molecule has 0 bridgehead atoms. The van der Waals surface area contributed by atoms with Gasteiger partial charge in [0.2, 0.25) is 5.91 Å². The number of carbonyl (C=O) groups is 1. The van der Waals surface area contributed by atoms with E-state index in [1.807, 2.05) is 53.6 Å².